The lowest BCUT2D eigenvalue weighted by molar-refractivity contribution is -0.274. The van der Waals surface area contributed by atoms with Crippen molar-refractivity contribution in [2.75, 3.05) is 27.2 Å². The summed E-state index contributed by atoms with van der Waals surface area (Å²) in [6.45, 7) is 0.322. The van der Waals surface area contributed by atoms with E-state index in [2.05, 4.69) is 14.8 Å². The van der Waals surface area contributed by atoms with Crippen LogP contribution in [0.3, 0.4) is 0 Å². The SMILES string of the molecule is COCc1ccc(OC(F)(F)F)c(Cn2c(=O)[nH]c3c2c(O[C@H]2CN(C)C[C@H]2F)nn3-c2ccccc2)c1. The summed E-state index contributed by atoms with van der Waals surface area (Å²) < 4.78 is 72.0. The monoisotopic (exact) mass is 535 g/mol. The van der Waals surface area contributed by atoms with Crippen LogP contribution in [0.5, 0.6) is 11.6 Å². The molecule has 0 saturated carbocycles. The third kappa shape index (κ3) is 5.24. The molecule has 1 fully saturated rings. The highest BCUT2D eigenvalue weighted by Gasteiger charge is 2.35. The van der Waals surface area contributed by atoms with Gasteiger partial charge in [0.15, 0.2) is 17.3 Å². The van der Waals surface area contributed by atoms with Crippen molar-refractivity contribution in [3.8, 4) is 17.3 Å². The number of likely N-dealkylation sites (tertiary alicyclic amines) is 1. The van der Waals surface area contributed by atoms with Gasteiger partial charge < -0.3 is 14.2 Å². The number of aromatic nitrogens is 4. The zero-order valence-corrected chi connectivity index (χ0v) is 20.5. The van der Waals surface area contributed by atoms with Crippen LogP contribution in [0.15, 0.2) is 53.3 Å². The Balaban J connectivity index is 1.63. The zero-order chi connectivity index (χ0) is 27.0. The molecule has 0 amide bonds. The molecule has 2 atom stereocenters. The van der Waals surface area contributed by atoms with Crippen molar-refractivity contribution in [2.24, 2.45) is 0 Å². The number of likely N-dealkylation sites (N-methyl/N-ethyl adjacent to an activating group) is 1. The van der Waals surface area contributed by atoms with Crippen molar-refractivity contribution in [3.63, 3.8) is 0 Å². The van der Waals surface area contributed by atoms with Crippen molar-refractivity contribution in [1.82, 2.24) is 24.2 Å². The van der Waals surface area contributed by atoms with Gasteiger partial charge in [-0.2, -0.15) is 0 Å². The smallest absolute Gasteiger partial charge is 0.467 e. The topological polar surface area (TPSA) is 86.5 Å². The summed E-state index contributed by atoms with van der Waals surface area (Å²) in [6, 6.07) is 13.0. The fraction of sp³-hybridized carbons (Fsp3) is 0.360. The molecule has 2 aromatic carbocycles. The van der Waals surface area contributed by atoms with E-state index in [1.54, 1.807) is 36.2 Å². The lowest BCUT2D eigenvalue weighted by atomic mass is 10.1. The van der Waals surface area contributed by atoms with Crippen LogP contribution >= 0.6 is 0 Å². The highest BCUT2D eigenvalue weighted by atomic mass is 19.4. The van der Waals surface area contributed by atoms with E-state index in [4.69, 9.17) is 9.47 Å². The molecule has 9 nitrogen and oxygen atoms in total. The summed E-state index contributed by atoms with van der Waals surface area (Å²) in [4.78, 5) is 17.6. The van der Waals surface area contributed by atoms with E-state index in [-0.39, 0.29) is 42.3 Å². The molecule has 202 valence electrons. The van der Waals surface area contributed by atoms with Gasteiger partial charge >= 0.3 is 12.1 Å². The van der Waals surface area contributed by atoms with E-state index in [0.717, 1.165) is 0 Å². The van der Waals surface area contributed by atoms with Gasteiger partial charge in [0.05, 0.1) is 18.8 Å². The van der Waals surface area contributed by atoms with Gasteiger partial charge in [0, 0.05) is 25.8 Å². The van der Waals surface area contributed by atoms with Crippen LogP contribution in [0, 0.1) is 0 Å². The molecule has 5 rings (SSSR count). The Bertz CT molecular complexity index is 1480. The molecule has 38 heavy (non-hydrogen) atoms. The Labute approximate surface area is 214 Å². The molecule has 3 heterocycles. The first kappa shape index (κ1) is 25.8. The largest absolute Gasteiger partial charge is 0.573 e. The number of alkyl halides is 4. The summed E-state index contributed by atoms with van der Waals surface area (Å²) >= 11 is 0. The first-order valence-corrected chi connectivity index (χ1v) is 11.8. The third-order valence-corrected chi connectivity index (χ3v) is 6.20. The number of rotatable bonds is 8. The number of nitrogens with one attached hydrogen (secondary N) is 1. The Morgan fingerprint density at radius 1 is 1.13 bits per heavy atom. The summed E-state index contributed by atoms with van der Waals surface area (Å²) in [5.41, 5.74) is 1.11. The number of fused-ring (bicyclic) bond motifs is 1. The van der Waals surface area contributed by atoms with Crippen LogP contribution in [-0.2, 0) is 17.9 Å². The van der Waals surface area contributed by atoms with Crippen LogP contribution in [0.2, 0.25) is 0 Å². The fourth-order valence-electron chi connectivity index (χ4n) is 4.58. The number of imidazole rings is 1. The van der Waals surface area contributed by atoms with Crippen molar-refractivity contribution >= 4 is 11.2 Å². The second kappa shape index (κ2) is 10.1. The van der Waals surface area contributed by atoms with Gasteiger partial charge in [-0.25, -0.2) is 13.9 Å². The Hall–Kier alpha value is -3.84. The summed E-state index contributed by atoms with van der Waals surface area (Å²) in [7, 11) is 3.22. The number of nitrogens with zero attached hydrogens (tertiary/aromatic N) is 4. The van der Waals surface area contributed by atoms with Crippen LogP contribution < -0.4 is 15.2 Å². The molecule has 4 aromatic rings. The molecule has 1 saturated heterocycles. The summed E-state index contributed by atoms with van der Waals surface area (Å²) in [5.74, 6) is -0.478. The molecule has 1 aliphatic heterocycles. The van der Waals surface area contributed by atoms with E-state index in [0.29, 0.717) is 17.8 Å². The molecule has 0 radical (unpaired) electrons. The minimum atomic E-state index is -4.94. The minimum Gasteiger partial charge on any atom is -0.467 e. The molecular weight excluding hydrogens is 510 g/mol. The molecule has 0 aliphatic carbocycles. The molecule has 13 heteroatoms. The zero-order valence-electron chi connectivity index (χ0n) is 20.5. The lowest BCUT2D eigenvalue weighted by Gasteiger charge is -2.16. The van der Waals surface area contributed by atoms with Crippen molar-refractivity contribution < 1.29 is 31.8 Å². The standard InChI is InChI=1S/C25H25F4N5O4/c1-32-12-18(26)20(13-32)37-23-21-22(34(31-23)17-6-4-3-5-7-17)30-24(35)33(21)11-16-10-15(14-36-2)8-9-19(16)38-25(27,28)29/h3-10,18,20H,11-14H2,1-2H3,(H,30,35)/t18-,20+/m1/s1. The lowest BCUT2D eigenvalue weighted by Crippen LogP contribution is -2.28. The number of aromatic amines is 1. The molecule has 1 aliphatic rings. The Morgan fingerprint density at radius 3 is 2.55 bits per heavy atom. The Kier molecular flexibility index (Phi) is 6.88. The van der Waals surface area contributed by atoms with Gasteiger partial charge in [-0.05, 0) is 36.9 Å². The van der Waals surface area contributed by atoms with E-state index < -0.39 is 30.1 Å². The van der Waals surface area contributed by atoms with Gasteiger partial charge in [0.1, 0.15) is 11.9 Å². The number of hydrogen-bond donors (Lipinski definition) is 1. The molecule has 0 unspecified atom stereocenters. The normalized spacial score (nSPS) is 18.4. The van der Waals surface area contributed by atoms with Crippen LogP contribution in [0.4, 0.5) is 17.6 Å². The first-order valence-electron chi connectivity index (χ1n) is 11.8. The average Bonchev–Trinajstić information content (AvgIpc) is 3.48. The summed E-state index contributed by atoms with van der Waals surface area (Å²) in [5, 5.41) is 4.50. The number of halogens is 4. The maximum absolute atomic E-state index is 14.6. The molecule has 0 spiro atoms. The van der Waals surface area contributed by atoms with E-state index in [9.17, 15) is 22.4 Å². The first-order chi connectivity index (χ1) is 18.1. The van der Waals surface area contributed by atoms with Gasteiger partial charge in [-0.1, -0.05) is 24.3 Å². The highest BCUT2D eigenvalue weighted by Crippen LogP contribution is 2.32. The predicted molar refractivity (Wildman–Crippen MR) is 129 cm³/mol. The van der Waals surface area contributed by atoms with Gasteiger partial charge in [0.25, 0.3) is 5.88 Å². The van der Waals surface area contributed by atoms with Crippen molar-refractivity contribution in [1.29, 1.82) is 0 Å². The number of ether oxygens (including phenoxy) is 3. The van der Waals surface area contributed by atoms with Gasteiger partial charge in [-0.15, -0.1) is 18.3 Å². The molecular formula is C25H25F4N5O4. The average molecular weight is 535 g/mol. The summed E-state index contributed by atoms with van der Waals surface area (Å²) in [6.07, 6.45) is -7.06. The molecule has 2 aromatic heterocycles. The Morgan fingerprint density at radius 2 is 1.89 bits per heavy atom. The second-order valence-electron chi connectivity index (χ2n) is 9.08. The van der Waals surface area contributed by atoms with Crippen LogP contribution in [0.1, 0.15) is 11.1 Å². The minimum absolute atomic E-state index is 0.0171. The van der Waals surface area contributed by atoms with E-state index >= 15 is 0 Å². The molecule has 1 N–H and O–H groups in total. The van der Waals surface area contributed by atoms with E-state index in [1.165, 1.54) is 34.6 Å². The van der Waals surface area contributed by atoms with Gasteiger partial charge in [-0.3, -0.25) is 14.5 Å². The number of H-pyrrole nitrogens is 1. The number of para-hydroxylation sites is 1. The maximum atomic E-state index is 14.6. The van der Waals surface area contributed by atoms with Crippen molar-refractivity contribution in [2.45, 2.75) is 31.8 Å². The number of benzene rings is 2. The van der Waals surface area contributed by atoms with Crippen LogP contribution in [0.25, 0.3) is 16.9 Å². The fourth-order valence-corrected chi connectivity index (χ4v) is 4.58. The quantitative estimate of drug-likeness (QED) is 0.347. The maximum Gasteiger partial charge on any atom is 0.573 e. The van der Waals surface area contributed by atoms with Crippen LogP contribution in [-0.4, -0.2) is 70.1 Å². The predicted octanol–water partition coefficient (Wildman–Crippen LogP) is 3.64. The number of hydrogen-bond acceptors (Lipinski definition) is 6. The number of methoxy groups -OCH3 is 1. The van der Waals surface area contributed by atoms with Crippen molar-refractivity contribution in [3.05, 3.63) is 70.1 Å². The van der Waals surface area contributed by atoms with Gasteiger partial charge in [0.2, 0.25) is 0 Å². The highest BCUT2D eigenvalue weighted by molar-refractivity contribution is 5.79. The van der Waals surface area contributed by atoms with E-state index in [1.807, 2.05) is 6.07 Å². The second-order valence-corrected chi connectivity index (χ2v) is 9.08. The third-order valence-electron chi connectivity index (χ3n) is 6.20. The molecule has 0 bridgehead atoms.